The van der Waals surface area contributed by atoms with Crippen LogP contribution in [0.2, 0.25) is 0 Å². The monoisotopic (exact) mass is 254 g/mol. The van der Waals surface area contributed by atoms with Gasteiger partial charge in [-0.15, -0.1) is 6.58 Å². The lowest BCUT2D eigenvalue weighted by molar-refractivity contribution is -0.146. The van der Waals surface area contributed by atoms with Crippen molar-refractivity contribution in [2.24, 2.45) is 11.7 Å². The summed E-state index contributed by atoms with van der Waals surface area (Å²) in [6, 6.07) is 0.173. The molecule has 1 rings (SSSR count). The largest absolute Gasteiger partial charge is 0.368 e. The fourth-order valence-corrected chi connectivity index (χ4v) is 2.40. The number of hydrogen-bond acceptors (Lipinski definition) is 3. The van der Waals surface area contributed by atoms with Crippen LogP contribution in [0.15, 0.2) is 12.7 Å². The van der Waals surface area contributed by atoms with Crippen LogP contribution >= 0.6 is 0 Å². The van der Waals surface area contributed by atoms with Gasteiger partial charge in [0.1, 0.15) is 6.10 Å². The van der Waals surface area contributed by atoms with E-state index in [2.05, 4.69) is 13.5 Å². The Hall–Kier alpha value is -0.870. The Morgan fingerprint density at radius 1 is 1.67 bits per heavy atom. The zero-order valence-corrected chi connectivity index (χ0v) is 11.6. The quantitative estimate of drug-likeness (QED) is 0.578. The lowest BCUT2D eigenvalue weighted by atomic mass is 9.92. The summed E-state index contributed by atoms with van der Waals surface area (Å²) < 4.78 is 5.51. The molecule has 3 atom stereocenters. The summed E-state index contributed by atoms with van der Waals surface area (Å²) in [4.78, 5) is 14.2. The molecule has 0 aromatic heterocycles. The molecule has 1 fully saturated rings. The highest BCUT2D eigenvalue weighted by molar-refractivity contribution is 5.81. The Morgan fingerprint density at radius 2 is 2.39 bits per heavy atom. The van der Waals surface area contributed by atoms with Gasteiger partial charge in [-0.1, -0.05) is 13.0 Å². The predicted octanol–water partition coefficient (Wildman–Crippen LogP) is 1.55. The van der Waals surface area contributed by atoms with Crippen LogP contribution in [0.25, 0.3) is 0 Å². The van der Waals surface area contributed by atoms with Crippen molar-refractivity contribution >= 4 is 5.91 Å². The third kappa shape index (κ3) is 4.10. The van der Waals surface area contributed by atoms with Gasteiger partial charge in [0.2, 0.25) is 0 Å². The Labute approximate surface area is 110 Å². The molecule has 0 spiro atoms. The Morgan fingerprint density at radius 3 is 3.00 bits per heavy atom. The number of nitrogens with zero attached hydrogens (tertiary/aromatic N) is 1. The number of likely N-dealkylation sites (tertiary alicyclic amines) is 1. The molecular weight excluding hydrogens is 228 g/mol. The van der Waals surface area contributed by atoms with Crippen molar-refractivity contribution in [1.82, 2.24) is 4.90 Å². The highest BCUT2D eigenvalue weighted by Gasteiger charge is 2.31. The fraction of sp³-hybridized carbons (Fsp3) is 0.786. The molecule has 1 aliphatic heterocycles. The van der Waals surface area contributed by atoms with E-state index in [9.17, 15) is 4.79 Å². The summed E-state index contributed by atoms with van der Waals surface area (Å²) in [7, 11) is 0. The third-order valence-electron chi connectivity index (χ3n) is 3.57. The summed E-state index contributed by atoms with van der Waals surface area (Å²) in [5.41, 5.74) is 5.77. The molecule has 2 N–H and O–H groups in total. The molecule has 1 aliphatic rings. The molecule has 0 bridgehead atoms. The van der Waals surface area contributed by atoms with E-state index in [4.69, 9.17) is 10.5 Å². The molecule has 1 amide bonds. The highest BCUT2D eigenvalue weighted by atomic mass is 16.5. The topological polar surface area (TPSA) is 55.6 Å². The smallest absolute Gasteiger partial charge is 0.251 e. The Balaban J connectivity index is 2.50. The van der Waals surface area contributed by atoms with Crippen molar-refractivity contribution < 1.29 is 9.53 Å². The number of hydrogen-bond donors (Lipinski definition) is 1. The van der Waals surface area contributed by atoms with Crippen molar-refractivity contribution in [3.63, 3.8) is 0 Å². The maximum atomic E-state index is 12.3. The van der Waals surface area contributed by atoms with E-state index in [1.165, 1.54) is 0 Å². The zero-order valence-electron chi connectivity index (χ0n) is 11.6. The molecule has 1 heterocycles. The number of piperidine rings is 1. The molecule has 4 nitrogen and oxygen atoms in total. The van der Waals surface area contributed by atoms with Crippen molar-refractivity contribution in [1.29, 1.82) is 0 Å². The van der Waals surface area contributed by atoms with Gasteiger partial charge in [0.05, 0.1) is 6.61 Å². The van der Waals surface area contributed by atoms with E-state index in [0.717, 1.165) is 25.8 Å². The summed E-state index contributed by atoms with van der Waals surface area (Å²) in [6.45, 7) is 9.56. The van der Waals surface area contributed by atoms with Gasteiger partial charge in [-0.2, -0.15) is 0 Å². The first-order valence-corrected chi connectivity index (χ1v) is 6.83. The maximum Gasteiger partial charge on any atom is 0.251 e. The first kappa shape index (κ1) is 15.2. The van der Waals surface area contributed by atoms with Crippen molar-refractivity contribution in [2.75, 3.05) is 19.7 Å². The average Bonchev–Trinajstić information content (AvgIpc) is 2.37. The third-order valence-corrected chi connectivity index (χ3v) is 3.57. The normalized spacial score (nSPS) is 25.8. The van der Waals surface area contributed by atoms with Gasteiger partial charge >= 0.3 is 0 Å². The molecule has 1 saturated heterocycles. The SMILES string of the molecule is C=CCCOC(C)C(=O)N1CCC(C)CC1CN. The number of carbonyl (C=O) groups excluding carboxylic acids is 1. The zero-order chi connectivity index (χ0) is 13.5. The summed E-state index contributed by atoms with van der Waals surface area (Å²) in [5, 5.41) is 0. The lowest BCUT2D eigenvalue weighted by Gasteiger charge is -2.39. The van der Waals surface area contributed by atoms with Gasteiger partial charge in [-0.3, -0.25) is 4.79 Å². The van der Waals surface area contributed by atoms with Gasteiger partial charge in [0.15, 0.2) is 0 Å². The van der Waals surface area contributed by atoms with E-state index >= 15 is 0 Å². The molecule has 104 valence electrons. The van der Waals surface area contributed by atoms with Crippen LogP contribution in [-0.2, 0) is 9.53 Å². The second kappa shape index (κ2) is 7.54. The molecule has 0 aliphatic carbocycles. The number of nitrogens with two attached hydrogens (primary N) is 1. The standard InChI is InChI=1S/C14H26N2O2/c1-4-5-8-18-12(3)14(17)16-7-6-11(2)9-13(16)10-15/h4,11-13H,1,5-10,15H2,2-3H3. The van der Waals surface area contributed by atoms with Gasteiger partial charge in [0.25, 0.3) is 5.91 Å². The summed E-state index contributed by atoms with van der Waals surface area (Å²) in [6.07, 6.45) is 4.24. The van der Waals surface area contributed by atoms with E-state index in [-0.39, 0.29) is 18.1 Å². The van der Waals surface area contributed by atoms with Crippen LogP contribution in [0.5, 0.6) is 0 Å². The van der Waals surface area contributed by atoms with E-state index in [1.807, 2.05) is 11.8 Å². The van der Waals surface area contributed by atoms with Crippen LogP contribution in [0.3, 0.4) is 0 Å². The molecular formula is C14H26N2O2. The summed E-state index contributed by atoms with van der Waals surface area (Å²) in [5.74, 6) is 0.723. The van der Waals surface area contributed by atoms with Crippen LogP contribution in [-0.4, -0.2) is 42.6 Å². The highest BCUT2D eigenvalue weighted by Crippen LogP contribution is 2.22. The van der Waals surface area contributed by atoms with Crippen molar-refractivity contribution in [3.05, 3.63) is 12.7 Å². The maximum absolute atomic E-state index is 12.3. The fourth-order valence-electron chi connectivity index (χ4n) is 2.40. The lowest BCUT2D eigenvalue weighted by Crippen LogP contribution is -2.52. The van der Waals surface area contributed by atoms with E-state index in [1.54, 1.807) is 6.08 Å². The van der Waals surface area contributed by atoms with Crippen molar-refractivity contribution in [2.45, 2.75) is 45.3 Å². The Bertz CT molecular complexity index is 281. The van der Waals surface area contributed by atoms with Crippen LogP contribution < -0.4 is 5.73 Å². The van der Waals surface area contributed by atoms with Gasteiger partial charge in [0, 0.05) is 19.1 Å². The number of ether oxygens (including phenoxy) is 1. The molecule has 0 aromatic carbocycles. The molecule has 18 heavy (non-hydrogen) atoms. The summed E-state index contributed by atoms with van der Waals surface area (Å²) >= 11 is 0. The molecule has 0 saturated carbocycles. The van der Waals surface area contributed by atoms with Gasteiger partial charge in [-0.05, 0) is 32.1 Å². The molecule has 0 aromatic rings. The average molecular weight is 254 g/mol. The van der Waals surface area contributed by atoms with Crippen LogP contribution in [0.4, 0.5) is 0 Å². The first-order chi connectivity index (χ1) is 8.60. The minimum absolute atomic E-state index is 0.0708. The van der Waals surface area contributed by atoms with Crippen LogP contribution in [0.1, 0.15) is 33.1 Å². The predicted molar refractivity (Wildman–Crippen MR) is 73.2 cm³/mol. The van der Waals surface area contributed by atoms with Crippen molar-refractivity contribution in [3.8, 4) is 0 Å². The number of amides is 1. The van der Waals surface area contributed by atoms with E-state index < -0.39 is 0 Å². The minimum atomic E-state index is -0.382. The number of rotatable bonds is 6. The first-order valence-electron chi connectivity index (χ1n) is 6.83. The molecule has 0 radical (unpaired) electrons. The minimum Gasteiger partial charge on any atom is -0.368 e. The second-order valence-electron chi connectivity index (χ2n) is 5.14. The molecule has 3 unspecified atom stereocenters. The number of carbonyl (C=O) groups is 1. The Kier molecular flexibility index (Phi) is 6.36. The molecule has 4 heteroatoms. The van der Waals surface area contributed by atoms with Gasteiger partial charge in [-0.25, -0.2) is 0 Å². The van der Waals surface area contributed by atoms with Gasteiger partial charge < -0.3 is 15.4 Å². The van der Waals surface area contributed by atoms with Crippen LogP contribution in [0, 0.1) is 5.92 Å². The second-order valence-corrected chi connectivity index (χ2v) is 5.14. The van der Waals surface area contributed by atoms with E-state index in [0.29, 0.717) is 19.1 Å².